The van der Waals surface area contributed by atoms with Crippen molar-refractivity contribution in [2.45, 2.75) is 25.5 Å². The molecule has 2 N–H and O–H groups in total. The van der Waals surface area contributed by atoms with Crippen molar-refractivity contribution >= 4 is 0 Å². The fourth-order valence-electron chi connectivity index (χ4n) is 2.21. The summed E-state index contributed by atoms with van der Waals surface area (Å²) in [7, 11) is 0. The molecule has 5 heteroatoms. The zero-order valence-corrected chi connectivity index (χ0v) is 10.3. The Balaban J connectivity index is 1.62. The van der Waals surface area contributed by atoms with E-state index in [1.165, 1.54) is 0 Å². The molecule has 2 rings (SSSR count). The van der Waals surface area contributed by atoms with Crippen LogP contribution < -0.4 is 5.73 Å². The van der Waals surface area contributed by atoms with E-state index in [1.54, 1.807) is 0 Å². The Labute approximate surface area is 103 Å². The monoisotopic (exact) mass is 238 g/mol. The number of nitrogens with zero attached hydrogens (tertiary/aromatic N) is 3. The van der Waals surface area contributed by atoms with Gasteiger partial charge < -0.3 is 15.4 Å². The van der Waals surface area contributed by atoms with Gasteiger partial charge in [-0.05, 0) is 18.9 Å². The minimum absolute atomic E-state index is 0.416. The van der Waals surface area contributed by atoms with Gasteiger partial charge in [0, 0.05) is 38.6 Å². The van der Waals surface area contributed by atoms with Crippen molar-refractivity contribution < 1.29 is 4.74 Å². The molecule has 17 heavy (non-hydrogen) atoms. The Bertz CT molecular complexity index is 293. The molecule has 0 saturated carbocycles. The van der Waals surface area contributed by atoms with E-state index in [9.17, 15) is 0 Å². The van der Waals surface area contributed by atoms with Crippen LogP contribution in [0.5, 0.6) is 0 Å². The molecule has 1 fully saturated rings. The Kier molecular flexibility index (Phi) is 4.97. The molecule has 1 aliphatic heterocycles. The molecule has 1 aromatic heterocycles. The summed E-state index contributed by atoms with van der Waals surface area (Å²) in [6.45, 7) is 5.61. The lowest BCUT2D eigenvalue weighted by molar-refractivity contribution is 0.0107. The van der Waals surface area contributed by atoms with Crippen molar-refractivity contribution in [3.05, 3.63) is 18.5 Å². The predicted molar refractivity (Wildman–Crippen MR) is 66.7 cm³/mol. The van der Waals surface area contributed by atoms with E-state index in [-0.39, 0.29) is 0 Å². The molecule has 0 spiro atoms. The number of hydrogen-bond donors (Lipinski definition) is 1. The van der Waals surface area contributed by atoms with Gasteiger partial charge in [-0.15, -0.1) is 0 Å². The normalized spacial score (nSPS) is 18.6. The molecule has 0 unspecified atom stereocenters. The molecular weight excluding hydrogens is 216 g/mol. The van der Waals surface area contributed by atoms with Crippen molar-refractivity contribution in [2.24, 2.45) is 5.73 Å². The molecule has 0 atom stereocenters. The molecule has 0 bridgehead atoms. The van der Waals surface area contributed by atoms with Crippen LogP contribution in [0, 0.1) is 0 Å². The highest BCUT2D eigenvalue weighted by atomic mass is 16.5. The summed E-state index contributed by atoms with van der Waals surface area (Å²) >= 11 is 0. The fraction of sp³-hybridized carbons (Fsp3) is 0.750. The maximum Gasteiger partial charge on any atom is 0.0600 e. The molecule has 0 radical (unpaired) electrons. The fourth-order valence-corrected chi connectivity index (χ4v) is 2.21. The average Bonchev–Trinajstić information content (AvgIpc) is 2.88. The van der Waals surface area contributed by atoms with E-state index >= 15 is 0 Å². The zero-order valence-electron chi connectivity index (χ0n) is 10.3. The molecule has 1 saturated heterocycles. The van der Waals surface area contributed by atoms with Gasteiger partial charge in [-0.1, -0.05) is 0 Å². The zero-order chi connectivity index (χ0) is 11.9. The molecule has 2 heterocycles. The molecule has 0 aliphatic carbocycles. The minimum atomic E-state index is 0.416. The lowest BCUT2D eigenvalue weighted by Crippen LogP contribution is -2.39. The largest absolute Gasteiger partial charge is 0.377 e. The van der Waals surface area contributed by atoms with Gasteiger partial charge in [0.25, 0.3) is 0 Å². The standard InChI is InChI=1S/C12H22N4O/c13-4-11-17-12-2-7-15(8-3-12)9-10-16-6-1-5-14-16/h1,5-6,12H,2-4,7-11,13H2. The van der Waals surface area contributed by atoms with Crippen molar-refractivity contribution in [3.63, 3.8) is 0 Å². The van der Waals surface area contributed by atoms with Gasteiger partial charge in [-0.3, -0.25) is 4.68 Å². The van der Waals surface area contributed by atoms with Crippen LogP contribution in [0.2, 0.25) is 0 Å². The van der Waals surface area contributed by atoms with Gasteiger partial charge in [0.2, 0.25) is 0 Å². The third kappa shape index (κ3) is 4.11. The highest BCUT2D eigenvalue weighted by Gasteiger charge is 2.18. The average molecular weight is 238 g/mol. The number of hydrogen-bond acceptors (Lipinski definition) is 4. The minimum Gasteiger partial charge on any atom is -0.377 e. The smallest absolute Gasteiger partial charge is 0.0600 e. The lowest BCUT2D eigenvalue weighted by atomic mass is 10.1. The first-order valence-corrected chi connectivity index (χ1v) is 6.40. The highest BCUT2D eigenvalue weighted by Crippen LogP contribution is 2.13. The molecule has 0 amide bonds. The maximum absolute atomic E-state index is 5.66. The van der Waals surface area contributed by atoms with Crippen LogP contribution in [0.1, 0.15) is 12.8 Å². The third-order valence-corrected chi connectivity index (χ3v) is 3.21. The number of ether oxygens (including phenoxy) is 1. The molecule has 1 aromatic rings. The molecular formula is C12H22N4O. The van der Waals surface area contributed by atoms with Crippen molar-refractivity contribution in [3.8, 4) is 0 Å². The van der Waals surface area contributed by atoms with Crippen LogP contribution in [0.4, 0.5) is 0 Å². The summed E-state index contributed by atoms with van der Waals surface area (Å²) in [5, 5.41) is 4.21. The first-order chi connectivity index (χ1) is 8.38. The molecule has 96 valence electrons. The SMILES string of the molecule is NCCOC1CCN(CCn2cccn2)CC1. The Morgan fingerprint density at radius 1 is 1.29 bits per heavy atom. The van der Waals surface area contributed by atoms with Gasteiger partial charge in [0.15, 0.2) is 0 Å². The van der Waals surface area contributed by atoms with E-state index in [2.05, 4.69) is 10.00 Å². The Morgan fingerprint density at radius 3 is 2.76 bits per heavy atom. The second-order valence-electron chi connectivity index (χ2n) is 4.47. The first-order valence-electron chi connectivity index (χ1n) is 6.40. The summed E-state index contributed by atoms with van der Waals surface area (Å²) in [6.07, 6.45) is 6.50. The summed E-state index contributed by atoms with van der Waals surface area (Å²) in [6, 6.07) is 1.97. The topological polar surface area (TPSA) is 56.3 Å². The Hall–Kier alpha value is -0.910. The number of nitrogens with two attached hydrogens (primary N) is 1. The van der Waals surface area contributed by atoms with Crippen molar-refractivity contribution in [2.75, 3.05) is 32.8 Å². The highest BCUT2D eigenvalue weighted by molar-refractivity contribution is 4.78. The van der Waals surface area contributed by atoms with Crippen LogP contribution in [-0.2, 0) is 11.3 Å². The first kappa shape index (κ1) is 12.5. The maximum atomic E-state index is 5.66. The molecule has 1 aliphatic rings. The molecule has 5 nitrogen and oxygen atoms in total. The number of likely N-dealkylation sites (tertiary alicyclic amines) is 1. The van der Waals surface area contributed by atoms with Gasteiger partial charge in [0.05, 0.1) is 19.3 Å². The number of piperidine rings is 1. The summed E-state index contributed by atoms with van der Waals surface area (Å²) < 4.78 is 7.64. The van der Waals surface area contributed by atoms with Crippen LogP contribution in [0.3, 0.4) is 0 Å². The van der Waals surface area contributed by atoms with E-state index in [4.69, 9.17) is 10.5 Å². The Morgan fingerprint density at radius 2 is 2.12 bits per heavy atom. The third-order valence-electron chi connectivity index (χ3n) is 3.21. The van der Waals surface area contributed by atoms with Crippen LogP contribution in [0.15, 0.2) is 18.5 Å². The number of rotatable bonds is 6. The van der Waals surface area contributed by atoms with E-state index in [0.29, 0.717) is 19.3 Å². The summed E-state index contributed by atoms with van der Waals surface area (Å²) in [5.74, 6) is 0. The van der Waals surface area contributed by atoms with Crippen molar-refractivity contribution in [1.29, 1.82) is 0 Å². The van der Waals surface area contributed by atoms with Crippen LogP contribution >= 0.6 is 0 Å². The molecule has 0 aromatic carbocycles. The van der Waals surface area contributed by atoms with Gasteiger partial charge >= 0.3 is 0 Å². The lowest BCUT2D eigenvalue weighted by Gasteiger charge is -2.31. The van der Waals surface area contributed by atoms with E-state index < -0.39 is 0 Å². The van der Waals surface area contributed by atoms with E-state index in [1.807, 2.05) is 23.1 Å². The summed E-state index contributed by atoms with van der Waals surface area (Å²) in [4.78, 5) is 2.48. The predicted octanol–water partition coefficient (Wildman–Crippen LogP) is 0.323. The van der Waals surface area contributed by atoms with Gasteiger partial charge in [-0.2, -0.15) is 5.10 Å². The van der Waals surface area contributed by atoms with E-state index in [0.717, 1.165) is 39.0 Å². The van der Waals surface area contributed by atoms with Crippen LogP contribution in [-0.4, -0.2) is 53.6 Å². The number of aromatic nitrogens is 2. The van der Waals surface area contributed by atoms with Gasteiger partial charge in [-0.25, -0.2) is 0 Å². The van der Waals surface area contributed by atoms with Crippen LogP contribution in [0.25, 0.3) is 0 Å². The second-order valence-corrected chi connectivity index (χ2v) is 4.47. The van der Waals surface area contributed by atoms with Crippen molar-refractivity contribution in [1.82, 2.24) is 14.7 Å². The quantitative estimate of drug-likeness (QED) is 0.775. The van der Waals surface area contributed by atoms with Gasteiger partial charge in [0.1, 0.15) is 0 Å². The second kappa shape index (κ2) is 6.74. The summed E-state index contributed by atoms with van der Waals surface area (Å²) in [5.41, 5.74) is 5.43.